The molecule has 0 bridgehead atoms. The summed E-state index contributed by atoms with van der Waals surface area (Å²) in [5.41, 5.74) is 1.18. The van der Waals surface area contributed by atoms with Crippen LogP contribution >= 0.6 is 0 Å². The van der Waals surface area contributed by atoms with Crippen molar-refractivity contribution < 1.29 is 4.79 Å². The highest BCUT2D eigenvalue weighted by atomic mass is 16.1. The second-order valence-corrected chi connectivity index (χ2v) is 3.40. The zero-order valence-corrected chi connectivity index (χ0v) is 7.42. The van der Waals surface area contributed by atoms with Crippen LogP contribution in [0.1, 0.15) is 19.8 Å². The average Bonchev–Trinajstić information content (AvgIpc) is 2.07. The summed E-state index contributed by atoms with van der Waals surface area (Å²) in [7, 11) is 0. The summed E-state index contributed by atoms with van der Waals surface area (Å²) in [6, 6.07) is 0. The highest BCUT2D eigenvalue weighted by Crippen LogP contribution is 2.37. The SMILES string of the molecule is C=C1CC=CC[C@]1(C)/C=C/C=O. The van der Waals surface area contributed by atoms with Crippen LogP contribution in [0.15, 0.2) is 36.5 Å². The van der Waals surface area contributed by atoms with E-state index in [1.54, 1.807) is 6.08 Å². The van der Waals surface area contributed by atoms with Crippen molar-refractivity contribution in [3.63, 3.8) is 0 Å². The molecule has 0 saturated heterocycles. The number of carbonyl (C=O) groups is 1. The zero-order chi connectivity index (χ0) is 9.03. The van der Waals surface area contributed by atoms with Crippen molar-refractivity contribution in [3.8, 4) is 0 Å². The molecule has 64 valence electrons. The third kappa shape index (κ3) is 1.73. The highest BCUT2D eigenvalue weighted by molar-refractivity contribution is 5.65. The molecular formula is C11H14O. The Labute approximate surface area is 73.5 Å². The molecule has 0 saturated carbocycles. The number of aldehydes is 1. The van der Waals surface area contributed by atoms with Crippen molar-refractivity contribution >= 4 is 6.29 Å². The van der Waals surface area contributed by atoms with Gasteiger partial charge in [-0.15, -0.1) is 0 Å². The van der Waals surface area contributed by atoms with Gasteiger partial charge in [-0.3, -0.25) is 4.79 Å². The Bertz CT molecular complexity index is 248. The number of rotatable bonds is 2. The minimum absolute atomic E-state index is 0.00431. The minimum atomic E-state index is -0.00431. The van der Waals surface area contributed by atoms with E-state index in [0.29, 0.717) is 0 Å². The molecule has 0 radical (unpaired) electrons. The molecule has 0 heterocycles. The van der Waals surface area contributed by atoms with E-state index in [1.807, 2.05) is 6.08 Å². The van der Waals surface area contributed by atoms with Gasteiger partial charge < -0.3 is 0 Å². The Morgan fingerprint density at radius 3 is 2.92 bits per heavy atom. The molecule has 1 nitrogen and oxygen atoms in total. The summed E-state index contributed by atoms with van der Waals surface area (Å²) in [5, 5.41) is 0. The van der Waals surface area contributed by atoms with Crippen molar-refractivity contribution in [2.24, 2.45) is 5.41 Å². The van der Waals surface area contributed by atoms with Crippen LogP contribution in [0.25, 0.3) is 0 Å². The first-order valence-electron chi connectivity index (χ1n) is 4.15. The molecule has 0 aliphatic heterocycles. The maximum absolute atomic E-state index is 10.2. The predicted octanol–water partition coefficient (Wildman–Crippen LogP) is 2.65. The molecule has 1 atom stereocenters. The lowest BCUT2D eigenvalue weighted by Gasteiger charge is -2.29. The van der Waals surface area contributed by atoms with Gasteiger partial charge in [-0.2, -0.15) is 0 Å². The Kier molecular flexibility index (Phi) is 2.64. The normalized spacial score (nSPS) is 29.6. The van der Waals surface area contributed by atoms with E-state index in [0.717, 1.165) is 19.1 Å². The summed E-state index contributed by atoms with van der Waals surface area (Å²) in [5.74, 6) is 0. The zero-order valence-electron chi connectivity index (χ0n) is 7.42. The summed E-state index contributed by atoms with van der Waals surface area (Å²) in [4.78, 5) is 10.2. The van der Waals surface area contributed by atoms with Gasteiger partial charge in [0.25, 0.3) is 0 Å². The third-order valence-electron chi connectivity index (χ3n) is 2.42. The average molecular weight is 162 g/mol. The van der Waals surface area contributed by atoms with E-state index in [1.165, 1.54) is 5.57 Å². The predicted molar refractivity (Wildman–Crippen MR) is 50.8 cm³/mol. The van der Waals surface area contributed by atoms with Crippen molar-refractivity contribution in [2.75, 3.05) is 0 Å². The van der Waals surface area contributed by atoms with Gasteiger partial charge in [0.15, 0.2) is 0 Å². The van der Waals surface area contributed by atoms with Crippen LogP contribution in [0.3, 0.4) is 0 Å². The van der Waals surface area contributed by atoms with E-state index in [9.17, 15) is 4.79 Å². The summed E-state index contributed by atoms with van der Waals surface area (Å²) in [6.07, 6.45) is 10.5. The smallest absolute Gasteiger partial charge is 0.142 e. The van der Waals surface area contributed by atoms with Crippen molar-refractivity contribution in [2.45, 2.75) is 19.8 Å². The van der Waals surface area contributed by atoms with E-state index < -0.39 is 0 Å². The van der Waals surface area contributed by atoms with Crippen molar-refractivity contribution in [3.05, 3.63) is 36.5 Å². The molecular weight excluding hydrogens is 148 g/mol. The molecule has 0 fully saturated rings. The van der Waals surface area contributed by atoms with Crippen LogP contribution in [-0.2, 0) is 4.79 Å². The van der Waals surface area contributed by atoms with Crippen LogP contribution in [0.2, 0.25) is 0 Å². The first-order valence-corrected chi connectivity index (χ1v) is 4.15. The standard InChI is InChI=1S/C11H14O/c1-10-6-3-4-7-11(10,2)8-5-9-12/h3-5,8-9H,1,6-7H2,2H3/b8-5+/t11-/m1/s1. The van der Waals surface area contributed by atoms with Gasteiger partial charge in [0, 0.05) is 5.41 Å². The molecule has 12 heavy (non-hydrogen) atoms. The largest absolute Gasteiger partial charge is 0.299 e. The molecule has 0 aromatic heterocycles. The fourth-order valence-corrected chi connectivity index (χ4v) is 1.37. The van der Waals surface area contributed by atoms with Crippen LogP contribution < -0.4 is 0 Å². The maximum atomic E-state index is 10.2. The summed E-state index contributed by atoms with van der Waals surface area (Å²) >= 11 is 0. The Balaban J connectivity index is 2.81. The number of carbonyl (C=O) groups excluding carboxylic acids is 1. The van der Waals surface area contributed by atoms with Gasteiger partial charge in [-0.25, -0.2) is 0 Å². The molecule has 0 aromatic carbocycles. The van der Waals surface area contributed by atoms with Gasteiger partial charge in [-0.05, 0) is 18.9 Å². The topological polar surface area (TPSA) is 17.1 Å². The number of allylic oxidation sites excluding steroid dienone is 5. The Morgan fingerprint density at radius 1 is 1.58 bits per heavy atom. The second-order valence-electron chi connectivity index (χ2n) is 3.40. The Hall–Kier alpha value is -1.11. The van der Waals surface area contributed by atoms with Gasteiger partial charge in [0.2, 0.25) is 0 Å². The third-order valence-corrected chi connectivity index (χ3v) is 2.42. The molecule has 1 aliphatic rings. The number of hydrogen-bond donors (Lipinski definition) is 0. The lowest BCUT2D eigenvalue weighted by molar-refractivity contribution is -0.104. The molecule has 0 spiro atoms. The van der Waals surface area contributed by atoms with Gasteiger partial charge in [0.1, 0.15) is 6.29 Å². The van der Waals surface area contributed by atoms with E-state index in [4.69, 9.17) is 0 Å². The quantitative estimate of drug-likeness (QED) is 0.346. The lowest BCUT2D eigenvalue weighted by Crippen LogP contribution is -2.17. The number of hydrogen-bond acceptors (Lipinski definition) is 1. The van der Waals surface area contributed by atoms with Crippen LogP contribution in [0.4, 0.5) is 0 Å². The molecule has 0 aromatic rings. The first-order chi connectivity index (χ1) is 5.69. The van der Waals surface area contributed by atoms with Gasteiger partial charge >= 0.3 is 0 Å². The maximum Gasteiger partial charge on any atom is 0.142 e. The van der Waals surface area contributed by atoms with E-state index in [-0.39, 0.29) is 5.41 Å². The molecule has 0 amide bonds. The fourth-order valence-electron chi connectivity index (χ4n) is 1.37. The van der Waals surface area contributed by atoms with Crippen LogP contribution in [0, 0.1) is 5.41 Å². The van der Waals surface area contributed by atoms with Crippen molar-refractivity contribution in [1.29, 1.82) is 0 Å². The summed E-state index contributed by atoms with van der Waals surface area (Å²) < 4.78 is 0. The minimum Gasteiger partial charge on any atom is -0.299 e. The lowest BCUT2D eigenvalue weighted by atomic mass is 9.75. The fraction of sp³-hybridized carbons (Fsp3) is 0.364. The summed E-state index contributed by atoms with van der Waals surface area (Å²) in [6.45, 7) is 6.11. The van der Waals surface area contributed by atoms with E-state index in [2.05, 4.69) is 25.7 Å². The highest BCUT2D eigenvalue weighted by Gasteiger charge is 2.24. The second kappa shape index (κ2) is 3.53. The van der Waals surface area contributed by atoms with Crippen molar-refractivity contribution in [1.82, 2.24) is 0 Å². The van der Waals surface area contributed by atoms with Gasteiger partial charge in [0.05, 0.1) is 0 Å². The van der Waals surface area contributed by atoms with Crippen LogP contribution in [-0.4, -0.2) is 6.29 Å². The van der Waals surface area contributed by atoms with E-state index >= 15 is 0 Å². The monoisotopic (exact) mass is 162 g/mol. The first kappa shape index (κ1) is 8.98. The molecule has 1 rings (SSSR count). The molecule has 1 aliphatic carbocycles. The molecule has 1 heteroatoms. The molecule has 0 unspecified atom stereocenters. The van der Waals surface area contributed by atoms with Crippen LogP contribution in [0.5, 0.6) is 0 Å². The van der Waals surface area contributed by atoms with Gasteiger partial charge in [-0.1, -0.05) is 37.3 Å². The molecule has 0 N–H and O–H groups in total. The Morgan fingerprint density at radius 2 is 2.33 bits per heavy atom.